The van der Waals surface area contributed by atoms with Gasteiger partial charge in [0, 0.05) is 37.4 Å². The van der Waals surface area contributed by atoms with Crippen LogP contribution in [0.15, 0.2) is 47.4 Å². The van der Waals surface area contributed by atoms with Crippen LogP contribution in [0.1, 0.15) is 57.7 Å². The predicted molar refractivity (Wildman–Crippen MR) is 167 cm³/mol. The fourth-order valence-corrected chi connectivity index (χ4v) is 5.74. The van der Waals surface area contributed by atoms with Gasteiger partial charge in [-0.15, -0.1) is 0 Å². The first-order valence-electron chi connectivity index (χ1n) is 14.6. The van der Waals surface area contributed by atoms with E-state index in [4.69, 9.17) is 21.3 Å². The summed E-state index contributed by atoms with van der Waals surface area (Å²) in [4.78, 5) is 44.4. The summed E-state index contributed by atoms with van der Waals surface area (Å²) < 4.78 is 21.9. The molecule has 1 aliphatic heterocycles. The molecule has 226 valence electrons. The molecule has 9 nitrogen and oxygen atoms in total. The summed E-state index contributed by atoms with van der Waals surface area (Å²) in [6.07, 6.45) is 3.12. The molecule has 1 saturated heterocycles. The second kappa shape index (κ2) is 12.7. The second-order valence-corrected chi connectivity index (χ2v) is 11.6. The van der Waals surface area contributed by atoms with E-state index >= 15 is 0 Å². The zero-order valence-corrected chi connectivity index (χ0v) is 25.9. The Hall–Kier alpha value is -4.05. The number of amides is 1. The molecule has 0 N–H and O–H groups in total. The number of hydrogen-bond donors (Lipinski definition) is 0. The summed E-state index contributed by atoms with van der Waals surface area (Å²) in [6.45, 7) is 11.5. The minimum Gasteiger partial charge on any atom is -0.449 e. The Morgan fingerprint density at radius 1 is 1.19 bits per heavy atom. The Labute approximate surface area is 255 Å². The van der Waals surface area contributed by atoms with E-state index in [-0.39, 0.29) is 34.3 Å². The molecule has 1 aromatic carbocycles. The standard InChI is InChI=1S/C32H36ClFN6O3/c1-6-7-16-43-32(42)38-14-15-39(21(5)18-38)29-23-17-24(33)27(22-10-8-9-11-25(22)34)36-30(23)40(31(41)37-29)28-20(4)12-13-35-26(28)19(2)3/h8-13,17,19,21H,6-7,14-16,18H2,1-5H3. The molecule has 1 aliphatic rings. The van der Waals surface area contributed by atoms with E-state index in [1.54, 1.807) is 35.4 Å². The van der Waals surface area contributed by atoms with E-state index in [0.717, 1.165) is 18.4 Å². The van der Waals surface area contributed by atoms with Crippen LogP contribution in [0.4, 0.5) is 15.0 Å². The molecular weight excluding hydrogens is 571 g/mol. The van der Waals surface area contributed by atoms with Crippen LogP contribution in [0.25, 0.3) is 28.0 Å². The van der Waals surface area contributed by atoms with Crippen molar-refractivity contribution in [3.8, 4) is 16.9 Å². The molecule has 1 amide bonds. The Kier molecular flexibility index (Phi) is 8.96. The quantitative estimate of drug-likeness (QED) is 0.221. The summed E-state index contributed by atoms with van der Waals surface area (Å²) in [6, 6.07) is 9.61. The number of piperazine rings is 1. The number of nitrogens with zero attached hydrogens (tertiary/aromatic N) is 6. The lowest BCUT2D eigenvalue weighted by molar-refractivity contribution is 0.0944. The van der Waals surface area contributed by atoms with Crippen molar-refractivity contribution in [1.82, 2.24) is 24.4 Å². The zero-order chi connectivity index (χ0) is 30.8. The molecule has 43 heavy (non-hydrogen) atoms. The third kappa shape index (κ3) is 5.93. The van der Waals surface area contributed by atoms with Crippen molar-refractivity contribution < 1.29 is 13.9 Å². The van der Waals surface area contributed by atoms with Gasteiger partial charge in [-0.2, -0.15) is 4.98 Å². The van der Waals surface area contributed by atoms with Crippen molar-refractivity contribution in [3.05, 3.63) is 75.2 Å². The molecular formula is C32H36ClFN6O3. The number of carbonyl (C=O) groups excluding carboxylic acids is 1. The lowest BCUT2D eigenvalue weighted by Crippen LogP contribution is -2.54. The minimum absolute atomic E-state index is 0.0000433. The fourth-order valence-electron chi connectivity index (χ4n) is 5.49. The Morgan fingerprint density at radius 2 is 1.95 bits per heavy atom. The topological polar surface area (TPSA) is 93.5 Å². The van der Waals surface area contributed by atoms with Gasteiger partial charge in [-0.25, -0.2) is 23.5 Å². The van der Waals surface area contributed by atoms with Crippen molar-refractivity contribution in [2.45, 2.75) is 59.4 Å². The average molecular weight is 607 g/mol. The maximum Gasteiger partial charge on any atom is 0.409 e. The Bertz CT molecular complexity index is 1730. The van der Waals surface area contributed by atoms with Gasteiger partial charge in [0.15, 0.2) is 5.65 Å². The first kappa shape index (κ1) is 30.4. The maximum atomic E-state index is 15.0. The fraction of sp³-hybridized carbons (Fsp3) is 0.406. The number of aryl methyl sites for hydroxylation is 1. The summed E-state index contributed by atoms with van der Waals surface area (Å²) in [7, 11) is 0. The van der Waals surface area contributed by atoms with Gasteiger partial charge in [0.1, 0.15) is 11.6 Å². The molecule has 1 fully saturated rings. The zero-order valence-electron chi connectivity index (χ0n) is 25.1. The Balaban J connectivity index is 1.69. The van der Waals surface area contributed by atoms with Crippen LogP contribution in [-0.2, 0) is 4.74 Å². The van der Waals surface area contributed by atoms with Crippen molar-refractivity contribution in [2.24, 2.45) is 0 Å². The first-order valence-corrected chi connectivity index (χ1v) is 15.0. The van der Waals surface area contributed by atoms with Gasteiger partial charge in [0.2, 0.25) is 0 Å². The second-order valence-electron chi connectivity index (χ2n) is 11.2. The molecule has 11 heteroatoms. The van der Waals surface area contributed by atoms with Gasteiger partial charge in [0.05, 0.1) is 34.1 Å². The highest BCUT2D eigenvalue weighted by Crippen LogP contribution is 2.36. The van der Waals surface area contributed by atoms with Crippen LogP contribution in [0, 0.1) is 12.7 Å². The van der Waals surface area contributed by atoms with Crippen LogP contribution in [0.2, 0.25) is 5.02 Å². The predicted octanol–water partition coefficient (Wildman–Crippen LogP) is 6.51. The van der Waals surface area contributed by atoms with Gasteiger partial charge in [-0.3, -0.25) is 4.98 Å². The van der Waals surface area contributed by atoms with Gasteiger partial charge in [0.25, 0.3) is 0 Å². The van der Waals surface area contributed by atoms with Gasteiger partial charge >= 0.3 is 11.8 Å². The molecule has 5 rings (SSSR count). The Morgan fingerprint density at radius 3 is 2.65 bits per heavy atom. The van der Waals surface area contributed by atoms with Gasteiger partial charge in [-0.1, -0.05) is 50.9 Å². The monoisotopic (exact) mass is 606 g/mol. The molecule has 3 aromatic heterocycles. The van der Waals surface area contributed by atoms with E-state index in [9.17, 15) is 14.0 Å². The summed E-state index contributed by atoms with van der Waals surface area (Å²) in [5.41, 5.74) is 2.33. The smallest absolute Gasteiger partial charge is 0.409 e. The highest BCUT2D eigenvalue weighted by Gasteiger charge is 2.31. The van der Waals surface area contributed by atoms with Crippen molar-refractivity contribution in [2.75, 3.05) is 31.1 Å². The van der Waals surface area contributed by atoms with Crippen molar-refractivity contribution in [3.63, 3.8) is 0 Å². The number of ether oxygens (including phenoxy) is 1. The van der Waals surface area contributed by atoms with Crippen LogP contribution in [-0.4, -0.2) is 62.8 Å². The van der Waals surface area contributed by atoms with E-state index in [1.165, 1.54) is 10.6 Å². The van der Waals surface area contributed by atoms with E-state index in [1.807, 2.05) is 45.6 Å². The van der Waals surface area contributed by atoms with E-state index < -0.39 is 11.5 Å². The van der Waals surface area contributed by atoms with Crippen LogP contribution < -0.4 is 10.6 Å². The van der Waals surface area contributed by atoms with E-state index in [0.29, 0.717) is 54.5 Å². The SMILES string of the molecule is CCCCOC(=O)N1CCN(c2nc(=O)n(-c3c(C)ccnc3C(C)C)c3nc(-c4ccccc4F)c(Cl)cc23)C(C)C1. The first-order chi connectivity index (χ1) is 20.6. The molecule has 1 unspecified atom stereocenters. The number of anilines is 1. The largest absolute Gasteiger partial charge is 0.449 e. The third-order valence-corrected chi connectivity index (χ3v) is 8.02. The number of unbranched alkanes of at least 4 members (excludes halogenated alkanes) is 1. The van der Waals surface area contributed by atoms with Crippen molar-refractivity contribution in [1.29, 1.82) is 0 Å². The molecule has 0 saturated carbocycles. The molecule has 0 aliphatic carbocycles. The molecule has 0 bridgehead atoms. The molecule has 0 radical (unpaired) electrons. The van der Waals surface area contributed by atoms with E-state index in [2.05, 4.69) is 9.97 Å². The summed E-state index contributed by atoms with van der Waals surface area (Å²) in [5.74, 6) is -0.0691. The molecule has 1 atom stereocenters. The van der Waals surface area contributed by atoms with Crippen molar-refractivity contribution >= 4 is 34.5 Å². The maximum absolute atomic E-state index is 15.0. The molecule has 0 spiro atoms. The third-order valence-electron chi connectivity index (χ3n) is 7.74. The number of aromatic nitrogens is 4. The number of rotatable bonds is 7. The highest BCUT2D eigenvalue weighted by molar-refractivity contribution is 6.33. The lowest BCUT2D eigenvalue weighted by Gasteiger charge is -2.40. The number of carbonyl (C=O) groups is 1. The number of halogens is 2. The number of fused-ring (bicyclic) bond motifs is 1. The minimum atomic E-state index is -0.539. The lowest BCUT2D eigenvalue weighted by atomic mass is 10.0. The van der Waals surface area contributed by atoms with Gasteiger partial charge in [-0.05, 0) is 56.0 Å². The van der Waals surface area contributed by atoms with Gasteiger partial charge < -0.3 is 14.5 Å². The number of benzene rings is 1. The van der Waals surface area contributed by atoms with Crippen LogP contribution >= 0.6 is 11.6 Å². The number of pyridine rings is 2. The van der Waals surface area contributed by atoms with Crippen LogP contribution in [0.3, 0.4) is 0 Å². The molecule has 4 heterocycles. The van der Waals surface area contributed by atoms with Crippen LogP contribution in [0.5, 0.6) is 0 Å². The summed E-state index contributed by atoms with van der Waals surface area (Å²) >= 11 is 6.79. The average Bonchev–Trinajstić information content (AvgIpc) is 2.97. The molecule has 4 aromatic rings. The number of hydrogen-bond acceptors (Lipinski definition) is 7. The highest BCUT2D eigenvalue weighted by atomic mass is 35.5. The summed E-state index contributed by atoms with van der Waals surface area (Å²) in [5, 5.41) is 0.761. The normalized spacial score (nSPS) is 15.4.